The lowest BCUT2D eigenvalue weighted by Gasteiger charge is -2.19. The maximum absolute atomic E-state index is 13.3. The van der Waals surface area contributed by atoms with Crippen molar-refractivity contribution in [2.75, 3.05) is 0 Å². The van der Waals surface area contributed by atoms with Gasteiger partial charge in [-0.05, 0) is 35.4 Å². The van der Waals surface area contributed by atoms with Crippen molar-refractivity contribution in [3.8, 4) is 0 Å². The lowest BCUT2D eigenvalue weighted by atomic mass is 9.98. The molecule has 1 amide bonds. The number of rotatable bonds is 3. The summed E-state index contributed by atoms with van der Waals surface area (Å²) in [6.07, 6.45) is 0. The topological polar surface area (TPSA) is 29.1 Å². The summed E-state index contributed by atoms with van der Waals surface area (Å²) < 4.78 is 14.3. The quantitative estimate of drug-likeness (QED) is 0.915. The first-order valence-electron chi connectivity index (χ1n) is 5.84. The largest absolute Gasteiger partial charge is 0.345 e. The van der Waals surface area contributed by atoms with Crippen LogP contribution in [0.25, 0.3) is 0 Å². The fourth-order valence-corrected chi connectivity index (χ4v) is 2.17. The van der Waals surface area contributed by atoms with E-state index in [2.05, 4.69) is 21.2 Å². The predicted octanol–water partition coefficient (Wildman–Crippen LogP) is 3.81. The number of carbonyl (C=O) groups is 1. The molecule has 0 spiro atoms. The zero-order valence-corrected chi connectivity index (χ0v) is 11.9. The average molecular weight is 322 g/mol. The molecule has 1 atom stereocenters. The summed E-state index contributed by atoms with van der Waals surface area (Å²) in [4.78, 5) is 11.3. The van der Waals surface area contributed by atoms with Gasteiger partial charge in [0.25, 0.3) is 0 Å². The smallest absolute Gasteiger partial charge is 0.217 e. The summed E-state index contributed by atoms with van der Waals surface area (Å²) in [7, 11) is 0. The summed E-state index contributed by atoms with van der Waals surface area (Å²) in [5.41, 5.74) is 1.63. The molecule has 0 bridgehead atoms. The van der Waals surface area contributed by atoms with Gasteiger partial charge in [0.2, 0.25) is 5.91 Å². The molecule has 0 aliphatic carbocycles. The highest BCUT2D eigenvalue weighted by Crippen LogP contribution is 2.24. The normalized spacial score (nSPS) is 11.9. The van der Waals surface area contributed by atoms with Crippen molar-refractivity contribution >= 4 is 21.8 Å². The van der Waals surface area contributed by atoms with Gasteiger partial charge in [-0.25, -0.2) is 4.39 Å². The van der Waals surface area contributed by atoms with Gasteiger partial charge in [0.1, 0.15) is 5.82 Å². The number of amides is 1. The lowest BCUT2D eigenvalue weighted by Crippen LogP contribution is -2.26. The highest BCUT2D eigenvalue weighted by molar-refractivity contribution is 9.10. The Kier molecular flexibility index (Phi) is 4.32. The van der Waals surface area contributed by atoms with E-state index in [9.17, 15) is 9.18 Å². The molecule has 0 fully saturated rings. The van der Waals surface area contributed by atoms with Gasteiger partial charge in [-0.1, -0.05) is 40.2 Å². The van der Waals surface area contributed by atoms with Crippen molar-refractivity contribution in [1.82, 2.24) is 5.32 Å². The second kappa shape index (κ2) is 5.97. The van der Waals surface area contributed by atoms with E-state index in [0.717, 1.165) is 15.6 Å². The van der Waals surface area contributed by atoms with Gasteiger partial charge in [0.05, 0.1) is 6.04 Å². The van der Waals surface area contributed by atoms with Crippen LogP contribution in [0.2, 0.25) is 0 Å². The molecule has 2 aromatic rings. The molecule has 98 valence electrons. The van der Waals surface area contributed by atoms with E-state index in [1.807, 2.05) is 24.3 Å². The minimum Gasteiger partial charge on any atom is -0.345 e. The zero-order valence-electron chi connectivity index (χ0n) is 10.4. The second-order valence-corrected chi connectivity index (χ2v) is 5.16. The highest BCUT2D eigenvalue weighted by Gasteiger charge is 2.15. The van der Waals surface area contributed by atoms with Crippen LogP contribution in [0.4, 0.5) is 4.39 Å². The third kappa shape index (κ3) is 3.64. The Morgan fingerprint density at radius 1 is 1.16 bits per heavy atom. The highest BCUT2D eigenvalue weighted by atomic mass is 79.9. The first-order valence-corrected chi connectivity index (χ1v) is 6.63. The van der Waals surface area contributed by atoms with E-state index < -0.39 is 0 Å². The molecule has 19 heavy (non-hydrogen) atoms. The van der Waals surface area contributed by atoms with E-state index in [4.69, 9.17) is 0 Å². The van der Waals surface area contributed by atoms with E-state index in [-0.39, 0.29) is 17.8 Å². The van der Waals surface area contributed by atoms with Crippen LogP contribution < -0.4 is 5.32 Å². The molecule has 2 aromatic carbocycles. The summed E-state index contributed by atoms with van der Waals surface area (Å²) in [5.74, 6) is -0.470. The van der Waals surface area contributed by atoms with Gasteiger partial charge in [-0.2, -0.15) is 0 Å². The first-order chi connectivity index (χ1) is 9.06. The zero-order chi connectivity index (χ0) is 13.8. The minimum absolute atomic E-state index is 0.155. The van der Waals surface area contributed by atoms with Crippen LogP contribution >= 0.6 is 15.9 Å². The van der Waals surface area contributed by atoms with Crippen molar-refractivity contribution in [3.63, 3.8) is 0 Å². The lowest BCUT2D eigenvalue weighted by molar-refractivity contribution is -0.119. The standard InChI is InChI=1S/C15H13BrFNO/c1-10(19)18-15(11-5-7-13(16)8-6-11)12-3-2-4-14(17)9-12/h2-9,15H,1H3,(H,18,19). The van der Waals surface area contributed by atoms with Crippen molar-refractivity contribution in [2.45, 2.75) is 13.0 Å². The Hall–Kier alpha value is -1.68. The predicted molar refractivity (Wildman–Crippen MR) is 76.2 cm³/mol. The number of carbonyl (C=O) groups excluding carboxylic acids is 1. The molecule has 4 heteroatoms. The molecule has 0 saturated carbocycles. The van der Waals surface area contributed by atoms with E-state index in [0.29, 0.717) is 0 Å². The molecule has 1 N–H and O–H groups in total. The molecule has 0 heterocycles. The summed E-state index contributed by atoms with van der Waals surface area (Å²) in [5, 5.41) is 2.84. The van der Waals surface area contributed by atoms with E-state index in [1.54, 1.807) is 12.1 Å². The Morgan fingerprint density at radius 3 is 2.42 bits per heavy atom. The molecular weight excluding hydrogens is 309 g/mol. The molecule has 0 radical (unpaired) electrons. The average Bonchev–Trinajstić information content (AvgIpc) is 2.37. The maximum atomic E-state index is 13.3. The number of hydrogen-bond donors (Lipinski definition) is 1. The van der Waals surface area contributed by atoms with Crippen LogP contribution in [0.15, 0.2) is 53.0 Å². The van der Waals surface area contributed by atoms with Crippen LogP contribution in [0.3, 0.4) is 0 Å². The molecular formula is C15H13BrFNO. The van der Waals surface area contributed by atoms with Gasteiger partial charge >= 0.3 is 0 Å². The minimum atomic E-state index is -0.346. The molecule has 2 rings (SSSR count). The van der Waals surface area contributed by atoms with Gasteiger partial charge in [0, 0.05) is 11.4 Å². The third-order valence-electron chi connectivity index (χ3n) is 2.73. The molecule has 0 aromatic heterocycles. The van der Waals surface area contributed by atoms with Crippen molar-refractivity contribution in [2.24, 2.45) is 0 Å². The number of benzene rings is 2. The van der Waals surface area contributed by atoms with Crippen LogP contribution in [0.1, 0.15) is 24.1 Å². The second-order valence-electron chi connectivity index (χ2n) is 4.24. The van der Waals surface area contributed by atoms with Crippen molar-refractivity contribution in [3.05, 3.63) is 69.9 Å². The van der Waals surface area contributed by atoms with Crippen LogP contribution in [0.5, 0.6) is 0 Å². The molecule has 1 unspecified atom stereocenters. The van der Waals surface area contributed by atoms with Gasteiger partial charge in [0.15, 0.2) is 0 Å². The summed E-state index contributed by atoms with van der Waals surface area (Å²) >= 11 is 3.37. The molecule has 0 aliphatic heterocycles. The SMILES string of the molecule is CC(=O)NC(c1ccc(Br)cc1)c1cccc(F)c1. The van der Waals surface area contributed by atoms with Crippen LogP contribution in [0, 0.1) is 5.82 Å². The van der Waals surface area contributed by atoms with Crippen molar-refractivity contribution in [1.29, 1.82) is 0 Å². The fraction of sp³-hybridized carbons (Fsp3) is 0.133. The van der Waals surface area contributed by atoms with Crippen molar-refractivity contribution < 1.29 is 9.18 Å². The Morgan fingerprint density at radius 2 is 1.84 bits per heavy atom. The summed E-state index contributed by atoms with van der Waals surface area (Å²) in [6.45, 7) is 1.45. The number of halogens is 2. The third-order valence-corrected chi connectivity index (χ3v) is 3.26. The molecule has 2 nitrogen and oxygen atoms in total. The first kappa shape index (κ1) is 13.7. The molecule has 0 saturated heterocycles. The van der Waals surface area contributed by atoms with Gasteiger partial charge < -0.3 is 5.32 Å². The Bertz CT molecular complexity index is 583. The number of nitrogens with one attached hydrogen (secondary N) is 1. The summed E-state index contributed by atoms with van der Waals surface area (Å²) in [6, 6.07) is 13.5. The van der Waals surface area contributed by atoms with Gasteiger partial charge in [-0.15, -0.1) is 0 Å². The Labute approximate surface area is 119 Å². The van der Waals surface area contributed by atoms with Crippen LogP contribution in [-0.2, 0) is 4.79 Å². The van der Waals surface area contributed by atoms with Crippen LogP contribution in [-0.4, -0.2) is 5.91 Å². The van der Waals surface area contributed by atoms with Gasteiger partial charge in [-0.3, -0.25) is 4.79 Å². The maximum Gasteiger partial charge on any atom is 0.217 e. The fourth-order valence-electron chi connectivity index (χ4n) is 1.90. The Balaban J connectivity index is 2.40. The van der Waals surface area contributed by atoms with E-state index >= 15 is 0 Å². The molecule has 0 aliphatic rings. The monoisotopic (exact) mass is 321 g/mol. The van der Waals surface area contributed by atoms with E-state index in [1.165, 1.54) is 19.1 Å². The number of hydrogen-bond acceptors (Lipinski definition) is 1.